The number of amides is 1. The quantitative estimate of drug-likeness (QED) is 0.400. The van der Waals surface area contributed by atoms with Crippen molar-refractivity contribution in [1.82, 2.24) is 19.4 Å². The molecule has 1 aliphatic rings. The number of carbonyl (C=O) groups excluding carboxylic acids is 1. The molecule has 0 bridgehead atoms. The van der Waals surface area contributed by atoms with E-state index in [9.17, 15) is 4.79 Å². The van der Waals surface area contributed by atoms with Crippen molar-refractivity contribution in [3.63, 3.8) is 0 Å². The van der Waals surface area contributed by atoms with Crippen LogP contribution in [0.25, 0.3) is 32.9 Å². The molecule has 0 unspecified atom stereocenters. The minimum Gasteiger partial charge on any atom is -0.474 e. The second-order valence-corrected chi connectivity index (χ2v) is 10.0. The second-order valence-electron chi connectivity index (χ2n) is 10.0. The highest BCUT2D eigenvalue weighted by Crippen LogP contribution is 2.33. The highest BCUT2D eigenvalue weighted by Gasteiger charge is 2.37. The Labute approximate surface area is 199 Å². The van der Waals surface area contributed by atoms with E-state index in [0.717, 1.165) is 34.9 Å². The number of benzene rings is 1. The van der Waals surface area contributed by atoms with Crippen molar-refractivity contribution >= 4 is 27.9 Å². The number of nitrogens with zero attached hydrogens (tertiary/aromatic N) is 4. The highest BCUT2D eigenvalue weighted by atomic mass is 16.6. The summed E-state index contributed by atoms with van der Waals surface area (Å²) in [5.74, 6) is 0.601. The van der Waals surface area contributed by atoms with E-state index in [-0.39, 0.29) is 18.2 Å². The predicted octanol–water partition coefficient (Wildman–Crippen LogP) is 5.57. The molecule has 7 heteroatoms. The predicted molar refractivity (Wildman–Crippen MR) is 133 cm³/mol. The molecule has 7 nitrogen and oxygen atoms in total. The molecule has 0 N–H and O–H groups in total. The SMILES string of the molecule is Cn1c2ccncc2c2ccc(-c3ccc(O[C@H]4C[C@H](N(C)C(=O)OC(C)(C)C)C4)nc3)cc21. The normalized spacial score (nSPS) is 18.0. The average molecular weight is 459 g/mol. The standard InChI is InChI=1S/C27H30N4O3/c1-27(2,3)34-26(32)30(4)19-13-20(14-19)33-25-9-7-18(15-29-25)17-6-8-21-22-16-28-11-10-23(22)31(5)24(21)12-17/h6-12,15-16,19-20H,13-14H2,1-5H3/t19-,20-. The molecule has 176 valence electrons. The monoisotopic (exact) mass is 458 g/mol. The van der Waals surface area contributed by atoms with Crippen molar-refractivity contribution in [2.75, 3.05) is 7.05 Å². The van der Waals surface area contributed by atoms with Gasteiger partial charge >= 0.3 is 6.09 Å². The van der Waals surface area contributed by atoms with Gasteiger partial charge in [0.1, 0.15) is 11.7 Å². The van der Waals surface area contributed by atoms with Gasteiger partial charge in [0.2, 0.25) is 5.88 Å². The van der Waals surface area contributed by atoms with E-state index in [1.807, 2.05) is 57.6 Å². The number of hydrogen-bond donors (Lipinski definition) is 0. The molecule has 4 aromatic rings. The molecule has 1 amide bonds. The van der Waals surface area contributed by atoms with Crippen LogP contribution in [0.5, 0.6) is 5.88 Å². The van der Waals surface area contributed by atoms with Crippen molar-refractivity contribution < 1.29 is 14.3 Å². The van der Waals surface area contributed by atoms with Gasteiger partial charge in [-0.2, -0.15) is 0 Å². The number of fused-ring (bicyclic) bond motifs is 3. The first-order valence-corrected chi connectivity index (χ1v) is 11.6. The number of aryl methyl sites for hydroxylation is 1. The van der Waals surface area contributed by atoms with Gasteiger partial charge in [-0.05, 0) is 44.5 Å². The van der Waals surface area contributed by atoms with Crippen LogP contribution in [-0.4, -0.2) is 50.3 Å². The Morgan fingerprint density at radius 3 is 2.50 bits per heavy atom. The summed E-state index contributed by atoms with van der Waals surface area (Å²) < 4.78 is 13.7. The summed E-state index contributed by atoms with van der Waals surface area (Å²) in [5, 5.41) is 2.35. The zero-order chi connectivity index (χ0) is 24.0. The lowest BCUT2D eigenvalue weighted by atomic mass is 9.88. The Balaban J connectivity index is 1.24. The minimum atomic E-state index is -0.494. The first-order valence-electron chi connectivity index (χ1n) is 11.6. The molecule has 0 aliphatic heterocycles. The summed E-state index contributed by atoms with van der Waals surface area (Å²) in [4.78, 5) is 22.7. The Bertz CT molecular complexity index is 1350. The van der Waals surface area contributed by atoms with Crippen molar-refractivity contribution in [3.8, 4) is 17.0 Å². The Morgan fingerprint density at radius 1 is 1.03 bits per heavy atom. The first kappa shape index (κ1) is 22.2. The molecule has 0 atom stereocenters. The van der Waals surface area contributed by atoms with Gasteiger partial charge in [-0.15, -0.1) is 0 Å². The Hall–Kier alpha value is -3.61. The van der Waals surface area contributed by atoms with E-state index in [1.165, 1.54) is 10.9 Å². The van der Waals surface area contributed by atoms with Crippen LogP contribution in [0.3, 0.4) is 0 Å². The maximum atomic E-state index is 12.2. The highest BCUT2D eigenvalue weighted by molar-refractivity contribution is 6.08. The maximum Gasteiger partial charge on any atom is 0.410 e. The van der Waals surface area contributed by atoms with E-state index >= 15 is 0 Å². The first-order chi connectivity index (χ1) is 16.2. The van der Waals surface area contributed by atoms with Crippen LogP contribution in [-0.2, 0) is 11.8 Å². The summed E-state index contributed by atoms with van der Waals surface area (Å²) in [7, 11) is 3.86. The fraction of sp³-hybridized carbons (Fsp3) is 0.370. The Kier molecular flexibility index (Phi) is 5.42. The summed E-state index contributed by atoms with van der Waals surface area (Å²) in [5.41, 5.74) is 3.98. The van der Waals surface area contributed by atoms with E-state index in [4.69, 9.17) is 9.47 Å². The van der Waals surface area contributed by atoms with Crippen LogP contribution in [0.2, 0.25) is 0 Å². The smallest absolute Gasteiger partial charge is 0.410 e. The summed E-state index contributed by atoms with van der Waals surface area (Å²) in [6.07, 6.45) is 6.89. The lowest BCUT2D eigenvalue weighted by Gasteiger charge is -2.40. The van der Waals surface area contributed by atoms with Gasteiger partial charge in [0, 0.05) is 79.5 Å². The van der Waals surface area contributed by atoms with Gasteiger partial charge in [-0.1, -0.05) is 12.1 Å². The molecule has 1 aliphatic carbocycles. The number of hydrogen-bond acceptors (Lipinski definition) is 5. The largest absolute Gasteiger partial charge is 0.474 e. The third-order valence-electron chi connectivity index (χ3n) is 6.46. The van der Waals surface area contributed by atoms with Crippen LogP contribution in [0, 0.1) is 0 Å². The number of pyridine rings is 2. The summed E-state index contributed by atoms with van der Waals surface area (Å²) in [6, 6.07) is 12.6. The number of rotatable bonds is 4. The fourth-order valence-corrected chi connectivity index (χ4v) is 4.46. The van der Waals surface area contributed by atoms with Gasteiger partial charge in [0.05, 0.1) is 5.52 Å². The molecule has 5 rings (SSSR count). The van der Waals surface area contributed by atoms with E-state index in [0.29, 0.717) is 5.88 Å². The average Bonchev–Trinajstić information content (AvgIpc) is 3.07. The summed E-state index contributed by atoms with van der Waals surface area (Å²) >= 11 is 0. The molecule has 0 radical (unpaired) electrons. The van der Waals surface area contributed by atoms with Crippen LogP contribution in [0.15, 0.2) is 55.0 Å². The number of ether oxygens (including phenoxy) is 2. The van der Waals surface area contributed by atoms with Crippen LogP contribution in [0.4, 0.5) is 4.79 Å². The molecule has 1 aromatic carbocycles. The Morgan fingerprint density at radius 2 is 1.79 bits per heavy atom. The van der Waals surface area contributed by atoms with Gasteiger partial charge in [-0.25, -0.2) is 9.78 Å². The maximum absolute atomic E-state index is 12.2. The third-order valence-corrected chi connectivity index (χ3v) is 6.46. The van der Waals surface area contributed by atoms with Gasteiger partial charge in [0.15, 0.2) is 0 Å². The zero-order valence-corrected chi connectivity index (χ0v) is 20.3. The van der Waals surface area contributed by atoms with Crippen LogP contribution < -0.4 is 4.74 Å². The molecule has 34 heavy (non-hydrogen) atoms. The molecular weight excluding hydrogens is 428 g/mol. The van der Waals surface area contributed by atoms with Crippen molar-refractivity contribution in [2.24, 2.45) is 7.05 Å². The van der Waals surface area contributed by atoms with Crippen LogP contribution >= 0.6 is 0 Å². The van der Waals surface area contributed by atoms with Crippen molar-refractivity contribution in [2.45, 2.75) is 51.4 Å². The second kappa shape index (κ2) is 8.31. The third kappa shape index (κ3) is 4.18. The lowest BCUT2D eigenvalue weighted by molar-refractivity contribution is -0.00964. The van der Waals surface area contributed by atoms with Gasteiger partial charge in [0.25, 0.3) is 0 Å². The van der Waals surface area contributed by atoms with Gasteiger partial charge in [-0.3, -0.25) is 4.98 Å². The van der Waals surface area contributed by atoms with E-state index in [2.05, 4.69) is 39.8 Å². The molecule has 1 saturated carbocycles. The molecule has 3 aromatic heterocycles. The van der Waals surface area contributed by atoms with Gasteiger partial charge < -0.3 is 18.9 Å². The van der Waals surface area contributed by atoms with E-state index in [1.54, 1.807) is 11.9 Å². The molecular formula is C27H30N4O3. The van der Waals surface area contributed by atoms with Crippen LogP contribution in [0.1, 0.15) is 33.6 Å². The molecule has 0 saturated heterocycles. The number of carbonyl (C=O) groups is 1. The van der Waals surface area contributed by atoms with Crippen molar-refractivity contribution in [3.05, 3.63) is 55.0 Å². The molecule has 0 spiro atoms. The summed E-state index contributed by atoms with van der Waals surface area (Å²) in [6.45, 7) is 5.62. The zero-order valence-electron chi connectivity index (χ0n) is 20.3. The van der Waals surface area contributed by atoms with Crippen molar-refractivity contribution in [1.29, 1.82) is 0 Å². The lowest BCUT2D eigenvalue weighted by Crippen LogP contribution is -2.51. The minimum absolute atomic E-state index is 0.0500. The number of aromatic nitrogens is 3. The molecule has 3 heterocycles. The van der Waals surface area contributed by atoms with E-state index < -0.39 is 5.60 Å². The molecule has 1 fully saturated rings. The topological polar surface area (TPSA) is 69.5 Å². The fourth-order valence-electron chi connectivity index (χ4n) is 4.46.